The molecule has 1 atom stereocenters. The van der Waals surface area contributed by atoms with Crippen molar-refractivity contribution in [2.24, 2.45) is 0 Å². The molecule has 3 aromatic carbocycles. The molecule has 0 spiro atoms. The van der Waals surface area contributed by atoms with Crippen LogP contribution in [-0.2, 0) is 9.59 Å². The molecule has 5 heteroatoms. The first-order chi connectivity index (χ1) is 16.2. The van der Waals surface area contributed by atoms with Crippen molar-refractivity contribution in [3.05, 3.63) is 100 Å². The third-order valence-electron chi connectivity index (χ3n) is 6.25. The number of aryl methyl sites for hydroxylation is 2. The molecule has 1 N–H and O–H groups in total. The van der Waals surface area contributed by atoms with Crippen molar-refractivity contribution >= 4 is 23.1 Å². The summed E-state index contributed by atoms with van der Waals surface area (Å²) in [6.45, 7) is 8.05. The molecule has 3 aromatic rings. The van der Waals surface area contributed by atoms with Crippen LogP contribution in [0.2, 0.25) is 0 Å². The SMILES string of the molecule is COc1ccc(C)cc1/C(O)=C1\C(=O)C(=O)N(c2ccc(C(C)C)cc2)C1c1cccc(C)c1. The average Bonchev–Trinajstić information content (AvgIpc) is 3.09. The number of ether oxygens (including phenoxy) is 1. The Morgan fingerprint density at radius 2 is 1.62 bits per heavy atom. The van der Waals surface area contributed by atoms with E-state index < -0.39 is 17.7 Å². The lowest BCUT2D eigenvalue weighted by Crippen LogP contribution is -2.29. The number of amides is 1. The number of hydrogen-bond acceptors (Lipinski definition) is 4. The van der Waals surface area contributed by atoms with Crippen LogP contribution >= 0.6 is 0 Å². The lowest BCUT2D eigenvalue weighted by Gasteiger charge is -2.26. The molecule has 1 unspecified atom stereocenters. The predicted molar refractivity (Wildman–Crippen MR) is 134 cm³/mol. The maximum Gasteiger partial charge on any atom is 0.300 e. The molecule has 0 saturated carbocycles. The molecule has 1 heterocycles. The van der Waals surface area contributed by atoms with Crippen molar-refractivity contribution in [3.63, 3.8) is 0 Å². The number of hydrogen-bond donors (Lipinski definition) is 1. The summed E-state index contributed by atoms with van der Waals surface area (Å²) in [5, 5.41) is 11.4. The smallest absolute Gasteiger partial charge is 0.300 e. The monoisotopic (exact) mass is 455 g/mol. The average molecular weight is 456 g/mol. The van der Waals surface area contributed by atoms with Crippen molar-refractivity contribution < 1.29 is 19.4 Å². The Morgan fingerprint density at radius 3 is 2.24 bits per heavy atom. The van der Waals surface area contributed by atoms with Gasteiger partial charge in [-0.05, 0) is 55.2 Å². The summed E-state index contributed by atoms with van der Waals surface area (Å²) in [7, 11) is 1.51. The minimum Gasteiger partial charge on any atom is -0.507 e. The van der Waals surface area contributed by atoms with Gasteiger partial charge < -0.3 is 9.84 Å². The molecule has 34 heavy (non-hydrogen) atoms. The van der Waals surface area contributed by atoms with Gasteiger partial charge in [0.1, 0.15) is 11.5 Å². The van der Waals surface area contributed by atoms with Crippen molar-refractivity contribution in [2.45, 2.75) is 39.7 Å². The number of aliphatic hydroxyl groups is 1. The van der Waals surface area contributed by atoms with Crippen molar-refractivity contribution in [3.8, 4) is 5.75 Å². The third-order valence-corrected chi connectivity index (χ3v) is 6.25. The number of carbonyl (C=O) groups is 2. The van der Waals surface area contributed by atoms with Crippen LogP contribution in [0.25, 0.3) is 5.76 Å². The number of methoxy groups -OCH3 is 1. The van der Waals surface area contributed by atoms with Gasteiger partial charge in [0.2, 0.25) is 0 Å². The van der Waals surface area contributed by atoms with E-state index in [4.69, 9.17) is 4.74 Å². The Bertz CT molecular complexity index is 1290. The zero-order chi connectivity index (χ0) is 24.6. The van der Waals surface area contributed by atoms with E-state index >= 15 is 0 Å². The molecule has 1 saturated heterocycles. The van der Waals surface area contributed by atoms with Gasteiger partial charge in [-0.15, -0.1) is 0 Å². The summed E-state index contributed by atoms with van der Waals surface area (Å²) < 4.78 is 5.45. The zero-order valence-electron chi connectivity index (χ0n) is 20.1. The van der Waals surface area contributed by atoms with Gasteiger partial charge in [0, 0.05) is 5.69 Å². The highest BCUT2D eigenvalue weighted by Gasteiger charge is 2.47. The number of carbonyl (C=O) groups excluding carboxylic acids is 2. The van der Waals surface area contributed by atoms with Gasteiger partial charge in [0.15, 0.2) is 0 Å². The minimum atomic E-state index is -0.769. The summed E-state index contributed by atoms with van der Waals surface area (Å²) in [6.07, 6.45) is 0. The van der Waals surface area contributed by atoms with Gasteiger partial charge in [-0.2, -0.15) is 0 Å². The molecule has 0 bridgehead atoms. The van der Waals surface area contributed by atoms with Crippen LogP contribution in [0, 0.1) is 13.8 Å². The quantitative estimate of drug-likeness (QED) is 0.288. The van der Waals surface area contributed by atoms with Crippen LogP contribution in [0.4, 0.5) is 5.69 Å². The Balaban J connectivity index is 1.96. The molecule has 0 radical (unpaired) electrons. The highest BCUT2D eigenvalue weighted by atomic mass is 16.5. The van der Waals surface area contributed by atoms with E-state index in [1.807, 2.05) is 68.4 Å². The van der Waals surface area contributed by atoms with Gasteiger partial charge in [-0.1, -0.05) is 67.4 Å². The normalized spacial score (nSPS) is 17.5. The lowest BCUT2D eigenvalue weighted by atomic mass is 9.93. The maximum absolute atomic E-state index is 13.4. The van der Waals surface area contributed by atoms with E-state index in [9.17, 15) is 14.7 Å². The fourth-order valence-corrected chi connectivity index (χ4v) is 4.43. The fourth-order valence-electron chi connectivity index (χ4n) is 4.43. The Labute approximate surface area is 200 Å². The topological polar surface area (TPSA) is 66.8 Å². The standard InChI is InChI=1S/C29H29NO4/c1-17(2)20-10-12-22(13-11-20)30-26(21-8-6-7-18(3)15-21)25(28(32)29(30)33)27(31)23-16-19(4)9-14-24(23)34-5/h6-17,26,31H,1-5H3/b27-25+. The van der Waals surface area contributed by atoms with Crippen LogP contribution in [0.1, 0.15) is 53.6 Å². The van der Waals surface area contributed by atoms with E-state index in [1.54, 1.807) is 12.1 Å². The molecule has 174 valence electrons. The summed E-state index contributed by atoms with van der Waals surface area (Å²) in [6, 6.07) is 19.9. The van der Waals surface area contributed by atoms with Crippen LogP contribution in [0.3, 0.4) is 0 Å². The first kappa shape index (κ1) is 23.3. The minimum absolute atomic E-state index is 0.0486. The molecule has 1 aliphatic rings. The van der Waals surface area contributed by atoms with Crippen molar-refractivity contribution in [2.75, 3.05) is 12.0 Å². The molecule has 1 fully saturated rings. The number of ketones is 1. The third kappa shape index (κ3) is 4.10. The number of rotatable bonds is 5. The Kier molecular flexibility index (Phi) is 6.29. The van der Waals surface area contributed by atoms with Crippen LogP contribution in [-0.4, -0.2) is 23.9 Å². The number of anilines is 1. The van der Waals surface area contributed by atoms with E-state index in [2.05, 4.69) is 13.8 Å². The van der Waals surface area contributed by atoms with Gasteiger partial charge >= 0.3 is 0 Å². The van der Waals surface area contributed by atoms with Crippen LogP contribution < -0.4 is 9.64 Å². The second-order valence-corrected chi connectivity index (χ2v) is 9.03. The Morgan fingerprint density at radius 1 is 0.941 bits per heavy atom. The first-order valence-electron chi connectivity index (χ1n) is 11.4. The van der Waals surface area contributed by atoms with Crippen LogP contribution in [0.15, 0.2) is 72.3 Å². The summed E-state index contributed by atoms with van der Waals surface area (Å²) in [5.74, 6) is -0.867. The number of aliphatic hydroxyl groups excluding tert-OH is 1. The molecule has 4 rings (SSSR count). The molecule has 1 aliphatic heterocycles. The van der Waals surface area contributed by atoms with E-state index in [0.29, 0.717) is 22.9 Å². The van der Waals surface area contributed by atoms with Crippen molar-refractivity contribution in [1.29, 1.82) is 0 Å². The molecular formula is C29H29NO4. The summed E-state index contributed by atoms with van der Waals surface area (Å²) in [4.78, 5) is 28.2. The van der Waals surface area contributed by atoms with Gasteiger partial charge in [-0.25, -0.2) is 0 Å². The fraction of sp³-hybridized carbons (Fsp3) is 0.241. The van der Waals surface area contributed by atoms with Gasteiger partial charge in [0.25, 0.3) is 11.7 Å². The van der Waals surface area contributed by atoms with Crippen LogP contribution in [0.5, 0.6) is 5.75 Å². The zero-order valence-corrected chi connectivity index (χ0v) is 20.1. The van der Waals surface area contributed by atoms with E-state index in [1.165, 1.54) is 12.0 Å². The number of Topliss-reactive ketones (excluding diaryl/α,β-unsaturated/α-hetero) is 1. The maximum atomic E-state index is 13.4. The summed E-state index contributed by atoms with van der Waals surface area (Å²) >= 11 is 0. The second-order valence-electron chi connectivity index (χ2n) is 9.03. The largest absolute Gasteiger partial charge is 0.507 e. The predicted octanol–water partition coefficient (Wildman–Crippen LogP) is 6.06. The van der Waals surface area contributed by atoms with Crippen molar-refractivity contribution in [1.82, 2.24) is 0 Å². The van der Waals surface area contributed by atoms with Gasteiger partial charge in [0.05, 0.1) is 24.3 Å². The molecule has 5 nitrogen and oxygen atoms in total. The summed E-state index contributed by atoms with van der Waals surface area (Å²) in [5.41, 5.74) is 4.81. The number of benzene rings is 3. The first-order valence-corrected chi connectivity index (χ1v) is 11.4. The molecule has 0 aliphatic carbocycles. The second kappa shape index (κ2) is 9.18. The molecular weight excluding hydrogens is 426 g/mol. The lowest BCUT2D eigenvalue weighted by molar-refractivity contribution is -0.132. The molecule has 0 aromatic heterocycles. The van der Waals surface area contributed by atoms with E-state index in [0.717, 1.165) is 22.3 Å². The highest BCUT2D eigenvalue weighted by molar-refractivity contribution is 6.51. The van der Waals surface area contributed by atoms with E-state index in [-0.39, 0.29) is 11.3 Å². The Hall–Kier alpha value is -3.86. The molecule has 1 amide bonds. The highest BCUT2D eigenvalue weighted by Crippen LogP contribution is 2.43. The van der Waals surface area contributed by atoms with Gasteiger partial charge in [-0.3, -0.25) is 14.5 Å². The number of nitrogens with zero attached hydrogens (tertiary/aromatic N) is 1.